The quantitative estimate of drug-likeness (QED) is 0.0926. The van der Waals surface area contributed by atoms with Gasteiger partial charge in [0.2, 0.25) is 5.91 Å². The number of para-hydroxylation sites is 1. The van der Waals surface area contributed by atoms with Crippen LogP contribution in [0.25, 0.3) is 22.4 Å². The van der Waals surface area contributed by atoms with E-state index in [1.54, 1.807) is 27.7 Å². The molecular weight excluding hydrogens is 661 g/mol. The number of imidazole rings is 1. The Bertz CT molecular complexity index is 2040. The largest absolute Gasteiger partial charge is 0.457 e. The van der Waals surface area contributed by atoms with Gasteiger partial charge in [0.25, 0.3) is 5.91 Å². The fourth-order valence-corrected chi connectivity index (χ4v) is 6.18. The Labute approximate surface area is 292 Å². The summed E-state index contributed by atoms with van der Waals surface area (Å²) >= 11 is 0. The number of primary amides is 1. The number of aromatic nitrogens is 2. The van der Waals surface area contributed by atoms with E-state index in [1.165, 1.54) is 12.1 Å². The number of piperazine rings is 1. The standard InChI is InChI=1S/C37H37F3N8O3/c38-37(39,40)26-12-14-27(15-13-26)46-18-20-47(21-19-46)35(50)25-11-16-31-30(23-25)45-34(48(31)32(33(41)49)10-5-17-44-36(42)43)24-6-4-9-29(22-24)51-28-7-2-1-3-8-28/h1-4,6-9,11-16,22-23,32H,5,10,17-21H2,(H2,41,49)(H4,42,43,44)/t32-/m0/s1. The van der Waals surface area contributed by atoms with Gasteiger partial charge in [-0.3, -0.25) is 14.6 Å². The van der Waals surface area contributed by atoms with Gasteiger partial charge in [-0.1, -0.05) is 30.3 Å². The first-order chi connectivity index (χ1) is 24.5. The first-order valence-corrected chi connectivity index (χ1v) is 16.4. The predicted octanol–water partition coefficient (Wildman–Crippen LogP) is 5.56. The number of fused-ring (bicyclic) bond motifs is 1. The van der Waals surface area contributed by atoms with Crippen molar-refractivity contribution in [1.29, 1.82) is 0 Å². The number of ether oxygens (including phenoxy) is 1. The molecule has 0 aliphatic carbocycles. The van der Waals surface area contributed by atoms with Gasteiger partial charge < -0.3 is 36.3 Å². The van der Waals surface area contributed by atoms with Crippen LogP contribution in [0.1, 0.15) is 34.8 Å². The summed E-state index contributed by atoms with van der Waals surface area (Å²) in [6.07, 6.45) is -3.61. The molecule has 51 heavy (non-hydrogen) atoms. The lowest BCUT2D eigenvalue weighted by Gasteiger charge is -2.36. The van der Waals surface area contributed by atoms with E-state index in [4.69, 9.17) is 26.9 Å². The van der Waals surface area contributed by atoms with Crippen molar-refractivity contribution >= 4 is 34.5 Å². The first-order valence-electron chi connectivity index (χ1n) is 16.4. The number of hydrogen-bond donors (Lipinski definition) is 3. The molecular formula is C37H37F3N8O3. The lowest BCUT2D eigenvalue weighted by molar-refractivity contribution is -0.137. The van der Waals surface area contributed by atoms with Crippen molar-refractivity contribution in [3.63, 3.8) is 0 Å². The lowest BCUT2D eigenvalue weighted by Crippen LogP contribution is -2.48. The van der Waals surface area contributed by atoms with E-state index in [1.807, 2.05) is 59.5 Å². The smallest absolute Gasteiger partial charge is 0.416 e. The van der Waals surface area contributed by atoms with Gasteiger partial charge in [0.05, 0.1) is 16.6 Å². The molecule has 0 unspecified atom stereocenters. The Kier molecular flexibility index (Phi) is 10.1. The van der Waals surface area contributed by atoms with Gasteiger partial charge in [-0.2, -0.15) is 13.2 Å². The summed E-state index contributed by atoms with van der Waals surface area (Å²) in [7, 11) is 0. The van der Waals surface area contributed by atoms with Crippen LogP contribution in [-0.2, 0) is 11.0 Å². The van der Waals surface area contributed by atoms with Crippen LogP contribution < -0.4 is 26.8 Å². The van der Waals surface area contributed by atoms with E-state index in [2.05, 4.69) is 4.99 Å². The molecule has 6 rings (SSSR count). The molecule has 0 bridgehead atoms. The molecule has 0 spiro atoms. The van der Waals surface area contributed by atoms with E-state index < -0.39 is 23.7 Å². The molecule has 1 aliphatic heterocycles. The Morgan fingerprint density at radius 1 is 0.843 bits per heavy atom. The van der Waals surface area contributed by atoms with Crippen LogP contribution in [0.5, 0.6) is 11.5 Å². The second kappa shape index (κ2) is 14.8. The van der Waals surface area contributed by atoms with Gasteiger partial charge in [-0.05, 0) is 79.6 Å². The van der Waals surface area contributed by atoms with Gasteiger partial charge in [0.15, 0.2) is 5.96 Å². The van der Waals surface area contributed by atoms with Gasteiger partial charge in [0.1, 0.15) is 23.4 Å². The monoisotopic (exact) mass is 698 g/mol. The summed E-state index contributed by atoms with van der Waals surface area (Å²) in [5, 5.41) is 0. The van der Waals surface area contributed by atoms with Crippen LogP contribution in [0, 0.1) is 0 Å². The molecule has 264 valence electrons. The summed E-state index contributed by atoms with van der Waals surface area (Å²) in [6, 6.07) is 26.0. The summed E-state index contributed by atoms with van der Waals surface area (Å²) < 4.78 is 46.9. The lowest BCUT2D eigenvalue weighted by atomic mass is 10.1. The average molecular weight is 699 g/mol. The number of carbonyl (C=O) groups is 2. The number of nitrogens with zero attached hydrogens (tertiary/aromatic N) is 5. The summed E-state index contributed by atoms with van der Waals surface area (Å²) in [5.74, 6) is 0.856. The molecule has 1 fully saturated rings. The molecule has 1 aliphatic rings. The molecule has 0 saturated carbocycles. The van der Waals surface area contributed by atoms with E-state index in [-0.39, 0.29) is 11.9 Å². The third-order valence-corrected chi connectivity index (χ3v) is 8.70. The Hall–Kier alpha value is -6.05. The Morgan fingerprint density at radius 2 is 1.55 bits per heavy atom. The van der Waals surface area contributed by atoms with Crippen LogP contribution in [0.3, 0.4) is 0 Å². The van der Waals surface area contributed by atoms with Gasteiger partial charge in [-0.15, -0.1) is 0 Å². The third kappa shape index (κ3) is 8.06. The first kappa shape index (κ1) is 34.8. The zero-order valence-corrected chi connectivity index (χ0v) is 27.6. The normalized spacial score (nSPS) is 13.9. The molecule has 14 heteroatoms. The highest BCUT2D eigenvalue weighted by molar-refractivity contribution is 5.98. The number of anilines is 1. The summed E-state index contributed by atoms with van der Waals surface area (Å²) in [4.78, 5) is 39.3. The van der Waals surface area contributed by atoms with Crippen molar-refractivity contribution in [2.75, 3.05) is 37.6 Å². The third-order valence-electron chi connectivity index (χ3n) is 8.70. The SMILES string of the molecule is NC(=O)[C@H](CCCN=C(N)N)n1c(-c2cccc(Oc3ccccc3)c2)nc2cc(C(=O)N3CCN(c4ccc(C(F)(F)F)cc4)CC3)ccc21. The van der Waals surface area contributed by atoms with Crippen LogP contribution >= 0.6 is 0 Å². The highest BCUT2D eigenvalue weighted by Gasteiger charge is 2.31. The van der Waals surface area contributed by atoms with Gasteiger partial charge in [0, 0.05) is 49.5 Å². The van der Waals surface area contributed by atoms with Crippen molar-refractivity contribution < 1.29 is 27.5 Å². The highest BCUT2D eigenvalue weighted by Crippen LogP contribution is 2.34. The minimum Gasteiger partial charge on any atom is -0.457 e. The molecule has 2 heterocycles. The van der Waals surface area contributed by atoms with Gasteiger partial charge in [-0.25, -0.2) is 4.98 Å². The summed E-state index contributed by atoms with van der Waals surface area (Å²) in [5.41, 5.74) is 19.1. The molecule has 2 amide bonds. The molecule has 11 nitrogen and oxygen atoms in total. The zero-order chi connectivity index (χ0) is 36.1. The maximum Gasteiger partial charge on any atom is 0.416 e. The highest BCUT2D eigenvalue weighted by atomic mass is 19.4. The number of amides is 2. The number of rotatable bonds is 11. The van der Waals surface area contributed by atoms with Crippen LogP contribution in [0.4, 0.5) is 18.9 Å². The molecule has 6 N–H and O–H groups in total. The van der Waals surface area contributed by atoms with Crippen molar-refractivity contribution in [1.82, 2.24) is 14.5 Å². The number of alkyl halides is 3. The number of aliphatic imine (C=N–C) groups is 1. The van der Waals surface area contributed by atoms with Crippen molar-refractivity contribution in [3.05, 3.63) is 108 Å². The number of carbonyl (C=O) groups excluding carboxylic acids is 2. The van der Waals surface area contributed by atoms with Crippen LogP contribution in [0.2, 0.25) is 0 Å². The number of benzene rings is 4. The topological polar surface area (TPSA) is 158 Å². The minimum atomic E-state index is -4.41. The van der Waals surface area contributed by atoms with E-state index in [9.17, 15) is 22.8 Å². The molecule has 5 aromatic rings. The van der Waals surface area contributed by atoms with Crippen molar-refractivity contribution in [2.24, 2.45) is 22.2 Å². The average Bonchev–Trinajstić information content (AvgIpc) is 3.50. The fraction of sp³-hybridized carbons (Fsp3) is 0.243. The van der Waals surface area contributed by atoms with Crippen LogP contribution in [-0.4, -0.2) is 64.9 Å². The Morgan fingerprint density at radius 3 is 2.22 bits per heavy atom. The predicted molar refractivity (Wildman–Crippen MR) is 189 cm³/mol. The molecule has 1 aromatic heterocycles. The second-order valence-corrected chi connectivity index (χ2v) is 12.1. The number of halogens is 3. The number of hydrogen-bond acceptors (Lipinski definition) is 6. The van der Waals surface area contributed by atoms with Gasteiger partial charge >= 0.3 is 6.18 Å². The second-order valence-electron chi connectivity index (χ2n) is 12.1. The molecule has 1 atom stereocenters. The van der Waals surface area contributed by atoms with E-state index >= 15 is 0 Å². The number of nitrogens with two attached hydrogens (primary N) is 3. The molecule has 1 saturated heterocycles. The summed E-state index contributed by atoms with van der Waals surface area (Å²) in [6.45, 7) is 1.98. The molecule has 4 aromatic carbocycles. The molecule has 0 radical (unpaired) electrons. The van der Waals surface area contributed by atoms with E-state index in [0.717, 1.165) is 12.1 Å². The minimum absolute atomic E-state index is 0.0483. The number of guanidine groups is 1. The zero-order valence-electron chi connectivity index (χ0n) is 27.6. The fourth-order valence-electron chi connectivity index (χ4n) is 6.18. The van der Waals surface area contributed by atoms with Crippen LogP contribution in [0.15, 0.2) is 102 Å². The maximum atomic E-state index is 13.7. The Balaban J connectivity index is 1.28. The van der Waals surface area contributed by atoms with Crippen molar-refractivity contribution in [3.8, 4) is 22.9 Å². The van der Waals surface area contributed by atoms with E-state index in [0.29, 0.717) is 90.7 Å². The maximum absolute atomic E-state index is 13.7. The van der Waals surface area contributed by atoms with Crippen molar-refractivity contribution in [2.45, 2.75) is 25.1 Å².